The first kappa shape index (κ1) is 20.5. The first-order valence-corrected chi connectivity index (χ1v) is 11.6. The van der Waals surface area contributed by atoms with Crippen molar-refractivity contribution in [1.82, 2.24) is 24.5 Å². The Bertz CT molecular complexity index is 1240. The first-order chi connectivity index (χ1) is 15.6. The van der Waals surface area contributed by atoms with E-state index in [0.29, 0.717) is 11.7 Å². The van der Waals surface area contributed by atoms with Crippen LogP contribution >= 0.6 is 11.8 Å². The second kappa shape index (κ2) is 8.63. The molecule has 1 N–H and O–H groups in total. The highest BCUT2D eigenvalue weighted by molar-refractivity contribution is 7.99. The minimum atomic E-state index is -0.112. The molecule has 0 spiro atoms. The number of hydrogen-bond donors (Lipinski definition) is 1. The molecule has 162 valence electrons. The van der Waals surface area contributed by atoms with Gasteiger partial charge in [-0.05, 0) is 51.0 Å². The van der Waals surface area contributed by atoms with E-state index in [1.165, 1.54) is 17.3 Å². The number of carbonyl (C=O) groups excluding carboxylic acids is 1. The van der Waals surface area contributed by atoms with Gasteiger partial charge in [0, 0.05) is 17.7 Å². The highest BCUT2D eigenvalue weighted by atomic mass is 32.2. The zero-order valence-electron chi connectivity index (χ0n) is 18.0. The van der Waals surface area contributed by atoms with Crippen molar-refractivity contribution in [3.8, 4) is 11.4 Å². The second-order valence-corrected chi connectivity index (χ2v) is 8.98. The van der Waals surface area contributed by atoms with Crippen molar-refractivity contribution in [2.24, 2.45) is 0 Å². The van der Waals surface area contributed by atoms with Gasteiger partial charge in [-0.3, -0.25) is 9.36 Å². The Morgan fingerprint density at radius 1 is 1.03 bits per heavy atom. The van der Waals surface area contributed by atoms with E-state index >= 15 is 0 Å². The molecule has 32 heavy (non-hydrogen) atoms. The lowest BCUT2D eigenvalue weighted by atomic mass is 10.2. The lowest BCUT2D eigenvalue weighted by Gasteiger charge is -2.11. The van der Waals surface area contributed by atoms with Gasteiger partial charge in [-0.2, -0.15) is 5.10 Å². The minimum Gasteiger partial charge on any atom is -0.310 e. The Morgan fingerprint density at radius 2 is 1.78 bits per heavy atom. The summed E-state index contributed by atoms with van der Waals surface area (Å²) in [5, 5.41) is 17.1. The van der Waals surface area contributed by atoms with E-state index in [1.54, 1.807) is 4.68 Å². The quantitative estimate of drug-likeness (QED) is 0.419. The Morgan fingerprint density at radius 3 is 2.50 bits per heavy atom. The zero-order valence-corrected chi connectivity index (χ0v) is 18.8. The number of hydrogen-bond acceptors (Lipinski definition) is 5. The summed E-state index contributed by atoms with van der Waals surface area (Å²) in [7, 11) is 0. The minimum absolute atomic E-state index is 0.112. The fraction of sp³-hybridized carbons (Fsp3) is 0.250. The van der Waals surface area contributed by atoms with E-state index in [1.807, 2.05) is 74.5 Å². The third kappa shape index (κ3) is 4.31. The van der Waals surface area contributed by atoms with Crippen molar-refractivity contribution in [3.05, 3.63) is 77.7 Å². The van der Waals surface area contributed by atoms with Crippen LogP contribution in [0.3, 0.4) is 0 Å². The summed E-state index contributed by atoms with van der Waals surface area (Å²) in [4.78, 5) is 12.8. The smallest absolute Gasteiger partial charge is 0.236 e. The molecule has 1 fully saturated rings. The maximum Gasteiger partial charge on any atom is 0.236 e. The third-order valence-electron chi connectivity index (χ3n) is 5.33. The number of benzene rings is 2. The van der Waals surface area contributed by atoms with E-state index in [4.69, 9.17) is 0 Å². The number of amides is 1. The maximum atomic E-state index is 12.8. The summed E-state index contributed by atoms with van der Waals surface area (Å²) in [6.45, 7) is 3.96. The molecule has 0 unspecified atom stereocenters. The molecular weight excluding hydrogens is 420 g/mol. The van der Waals surface area contributed by atoms with Gasteiger partial charge in [-0.1, -0.05) is 47.7 Å². The summed E-state index contributed by atoms with van der Waals surface area (Å²) in [5.41, 5.74) is 3.94. The molecule has 0 radical (unpaired) electrons. The van der Waals surface area contributed by atoms with Gasteiger partial charge in [-0.25, -0.2) is 4.68 Å². The van der Waals surface area contributed by atoms with Gasteiger partial charge in [0.25, 0.3) is 0 Å². The van der Waals surface area contributed by atoms with Crippen molar-refractivity contribution in [2.75, 3.05) is 11.1 Å². The van der Waals surface area contributed by atoms with E-state index in [9.17, 15) is 4.79 Å². The van der Waals surface area contributed by atoms with Gasteiger partial charge in [0.1, 0.15) is 11.6 Å². The number of para-hydroxylation sites is 1. The zero-order chi connectivity index (χ0) is 22.1. The largest absolute Gasteiger partial charge is 0.310 e. The molecule has 0 atom stereocenters. The van der Waals surface area contributed by atoms with Crippen LogP contribution in [0.5, 0.6) is 0 Å². The van der Waals surface area contributed by atoms with Gasteiger partial charge < -0.3 is 5.32 Å². The van der Waals surface area contributed by atoms with Gasteiger partial charge >= 0.3 is 0 Å². The van der Waals surface area contributed by atoms with Crippen LogP contribution in [0.15, 0.2) is 65.8 Å². The number of anilines is 1. The Balaban J connectivity index is 1.32. The molecule has 0 aliphatic heterocycles. The monoisotopic (exact) mass is 444 g/mol. The summed E-state index contributed by atoms with van der Waals surface area (Å²) < 4.78 is 3.84. The SMILES string of the molecule is Cc1ccc(-n2nc(C)cc2NC(=O)CSc2nnc(C3CC3)n2-c2ccccc2)cc1. The van der Waals surface area contributed by atoms with Crippen LogP contribution in [-0.4, -0.2) is 36.2 Å². The first-order valence-electron chi connectivity index (χ1n) is 10.7. The molecule has 5 rings (SSSR count). The molecular formula is C24H24N6OS. The van der Waals surface area contributed by atoms with Gasteiger partial charge in [0.2, 0.25) is 5.91 Å². The summed E-state index contributed by atoms with van der Waals surface area (Å²) in [6.07, 6.45) is 2.27. The van der Waals surface area contributed by atoms with Crippen LogP contribution < -0.4 is 5.32 Å². The van der Waals surface area contributed by atoms with E-state index in [2.05, 4.69) is 25.2 Å². The van der Waals surface area contributed by atoms with Gasteiger partial charge in [0.15, 0.2) is 5.16 Å². The molecule has 0 bridgehead atoms. The lowest BCUT2D eigenvalue weighted by Crippen LogP contribution is -2.17. The maximum absolute atomic E-state index is 12.8. The standard InChI is InChI=1S/C24H24N6OS/c1-16-8-12-20(13-9-16)30-21(14-17(2)28-30)25-22(31)15-32-24-27-26-23(18-10-11-18)29(24)19-6-4-3-5-7-19/h3-9,12-14,18H,10-11,15H2,1-2H3,(H,25,31). The third-order valence-corrected chi connectivity index (χ3v) is 6.25. The predicted molar refractivity (Wildman–Crippen MR) is 126 cm³/mol. The van der Waals surface area contributed by atoms with Crippen LogP contribution in [0.1, 0.15) is 35.8 Å². The highest BCUT2D eigenvalue weighted by Gasteiger charge is 2.31. The molecule has 1 saturated carbocycles. The molecule has 4 aromatic rings. The Kier molecular flexibility index (Phi) is 5.53. The van der Waals surface area contributed by atoms with Crippen LogP contribution in [0.25, 0.3) is 11.4 Å². The number of rotatable bonds is 7. The topological polar surface area (TPSA) is 77.6 Å². The van der Waals surface area contributed by atoms with Gasteiger partial charge in [0.05, 0.1) is 17.1 Å². The number of thioether (sulfide) groups is 1. The molecule has 2 heterocycles. The van der Waals surface area contributed by atoms with Crippen molar-refractivity contribution >= 4 is 23.5 Å². The number of aromatic nitrogens is 5. The number of carbonyl (C=O) groups is 1. The average Bonchev–Trinajstić information content (AvgIpc) is 3.45. The van der Waals surface area contributed by atoms with E-state index in [0.717, 1.165) is 40.9 Å². The molecule has 0 saturated heterocycles. The second-order valence-electron chi connectivity index (χ2n) is 8.04. The van der Waals surface area contributed by atoms with Crippen molar-refractivity contribution in [3.63, 3.8) is 0 Å². The molecule has 1 aliphatic carbocycles. The molecule has 2 aromatic heterocycles. The van der Waals surface area contributed by atoms with Crippen molar-refractivity contribution in [2.45, 2.75) is 37.8 Å². The van der Waals surface area contributed by atoms with Gasteiger partial charge in [-0.15, -0.1) is 10.2 Å². The van der Waals surface area contributed by atoms with Crippen molar-refractivity contribution < 1.29 is 4.79 Å². The van der Waals surface area contributed by atoms with Crippen LogP contribution in [0, 0.1) is 13.8 Å². The van der Waals surface area contributed by atoms with Crippen LogP contribution in [0.4, 0.5) is 5.82 Å². The lowest BCUT2D eigenvalue weighted by molar-refractivity contribution is -0.113. The fourth-order valence-electron chi connectivity index (χ4n) is 3.58. The Hall–Kier alpha value is -3.39. The molecule has 7 nitrogen and oxygen atoms in total. The van der Waals surface area contributed by atoms with E-state index in [-0.39, 0.29) is 11.7 Å². The summed E-state index contributed by atoms with van der Waals surface area (Å²) >= 11 is 1.39. The van der Waals surface area contributed by atoms with Crippen LogP contribution in [-0.2, 0) is 4.79 Å². The summed E-state index contributed by atoms with van der Waals surface area (Å²) in [5.74, 6) is 2.21. The normalized spacial score (nSPS) is 13.3. The number of nitrogens with zero attached hydrogens (tertiary/aromatic N) is 5. The number of nitrogens with one attached hydrogen (secondary N) is 1. The fourth-order valence-corrected chi connectivity index (χ4v) is 4.34. The van der Waals surface area contributed by atoms with E-state index < -0.39 is 0 Å². The predicted octanol–water partition coefficient (Wildman–Crippen LogP) is 4.68. The van der Waals surface area contributed by atoms with Crippen molar-refractivity contribution in [1.29, 1.82) is 0 Å². The number of aryl methyl sites for hydroxylation is 2. The van der Waals surface area contributed by atoms with Crippen LogP contribution in [0.2, 0.25) is 0 Å². The molecule has 8 heteroatoms. The molecule has 2 aromatic carbocycles. The Labute approximate surface area is 190 Å². The summed E-state index contributed by atoms with van der Waals surface area (Å²) in [6, 6.07) is 20.0. The molecule has 1 aliphatic rings. The average molecular weight is 445 g/mol. The molecule has 1 amide bonds. The highest BCUT2D eigenvalue weighted by Crippen LogP contribution is 2.41.